The van der Waals surface area contributed by atoms with Gasteiger partial charge in [-0.3, -0.25) is 0 Å². The number of rotatable bonds is 3. The van der Waals surface area contributed by atoms with Crippen LogP contribution in [0.15, 0.2) is 78.9 Å². The number of urea groups is 1. The first-order valence-corrected chi connectivity index (χ1v) is 8.69. The number of anilines is 1. The lowest BCUT2D eigenvalue weighted by atomic mass is 9.94. The third-order valence-corrected chi connectivity index (χ3v) is 4.70. The van der Waals surface area contributed by atoms with E-state index in [2.05, 4.69) is 0 Å². The van der Waals surface area contributed by atoms with E-state index in [0.29, 0.717) is 23.0 Å². The van der Waals surface area contributed by atoms with Gasteiger partial charge in [0.2, 0.25) is 0 Å². The smallest absolute Gasteiger partial charge is 0.245 e. The molecule has 1 aliphatic carbocycles. The van der Waals surface area contributed by atoms with Crippen LogP contribution >= 0.6 is 11.6 Å². The number of nitrogens with zero attached hydrogens (tertiary/aromatic N) is 2. The molecule has 0 N–H and O–H groups in total. The molecule has 0 bridgehead atoms. The van der Waals surface area contributed by atoms with Crippen LogP contribution in [0.1, 0.15) is 5.56 Å². The predicted molar refractivity (Wildman–Crippen MR) is 102 cm³/mol. The lowest BCUT2D eigenvalue weighted by molar-refractivity contribution is -0.445. The van der Waals surface area contributed by atoms with Crippen LogP contribution in [0.4, 0.5) is 10.5 Å². The summed E-state index contributed by atoms with van der Waals surface area (Å²) in [6, 6.07) is 16.0. The standard InChI is InChI=1S/C21H16ClN2O2/c22-16-8-6-7-15(13-16)14-23-19-12-5-4-11-18(19)20(25)24(21(23)26)17-9-2-1-3-10-17/h1-13,18H,14H2/q+1. The molecule has 5 heteroatoms. The molecule has 1 heterocycles. The summed E-state index contributed by atoms with van der Waals surface area (Å²) in [6.07, 6.45) is 7.33. The number of halogens is 1. The number of amides is 3. The number of hydrogen-bond acceptors (Lipinski definition) is 2. The minimum Gasteiger partial charge on any atom is -0.245 e. The molecule has 0 radical (unpaired) electrons. The quantitative estimate of drug-likeness (QED) is 0.767. The van der Waals surface area contributed by atoms with Crippen LogP contribution in [-0.4, -0.2) is 22.2 Å². The van der Waals surface area contributed by atoms with Gasteiger partial charge in [0.25, 0.3) is 0 Å². The van der Waals surface area contributed by atoms with Crippen molar-refractivity contribution in [1.82, 2.24) is 0 Å². The lowest BCUT2D eigenvalue weighted by Crippen LogP contribution is -2.54. The molecule has 4 nitrogen and oxygen atoms in total. The van der Waals surface area contributed by atoms with Gasteiger partial charge in [-0.25, -0.2) is 4.79 Å². The summed E-state index contributed by atoms with van der Waals surface area (Å²) in [5.41, 5.74) is 2.16. The first-order chi connectivity index (χ1) is 12.6. The highest BCUT2D eigenvalue weighted by molar-refractivity contribution is 6.30. The van der Waals surface area contributed by atoms with Gasteiger partial charge in [0.05, 0.1) is 0 Å². The van der Waals surface area contributed by atoms with E-state index in [9.17, 15) is 9.59 Å². The second kappa shape index (κ2) is 6.73. The maximum absolute atomic E-state index is 13.2. The summed E-state index contributed by atoms with van der Waals surface area (Å²) in [4.78, 5) is 27.4. The molecule has 0 saturated heterocycles. The van der Waals surface area contributed by atoms with Crippen LogP contribution in [0, 0.1) is 5.92 Å². The maximum Gasteiger partial charge on any atom is 0.506 e. The van der Waals surface area contributed by atoms with Crippen molar-refractivity contribution in [1.29, 1.82) is 0 Å². The first kappa shape index (κ1) is 16.5. The minimum absolute atomic E-state index is 0.237. The third-order valence-electron chi connectivity index (χ3n) is 4.46. The van der Waals surface area contributed by atoms with Crippen molar-refractivity contribution in [3.05, 3.63) is 89.5 Å². The monoisotopic (exact) mass is 363 g/mol. The fraction of sp³-hybridized carbons (Fsp3) is 0.0952. The topological polar surface area (TPSA) is 40.4 Å². The molecule has 0 spiro atoms. The zero-order valence-electron chi connectivity index (χ0n) is 13.9. The summed E-state index contributed by atoms with van der Waals surface area (Å²) in [7, 11) is 0. The van der Waals surface area contributed by atoms with E-state index in [1.807, 2.05) is 60.7 Å². The molecule has 26 heavy (non-hydrogen) atoms. The number of imide groups is 1. The summed E-state index contributed by atoms with van der Waals surface area (Å²) in [5.74, 6) is -0.712. The number of fused-ring (bicyclic) bond motifs is 1. The molecule has 1 atom stereocenters. The SMILES string of the molecule is O=C1C2C=CC=CC2=[N+](Cc2cccc(Cl)c2)C(=O)N1c1ccccc1. The highest BCUT2D eigenvalue weighted by atomic mass is 35.5. The number of hydrogen-bond donors (Lipinski definition) is 0. The van der Waals surface area contributed by atoms with Gasteiger partial charge in [0.15, 0.2) is 0 Å². The fourth-order valence-electron chi connectivity index (χ4n) is 3.25. The Morgan fingerprint density at radius 2 is 1.81 bits per heavy atom. The second-order valence-corrected chi connectivity index (χ2v) is 6.59. The van der Waals surface area contributed by atoms with Crippen LogP contribution < -0.4 is 4.90 Å². The normalized spacial score (nSPS) is 19.1. The fourth-order valence-corrected chi connectivity index (χ4v) is 3.47. The average Bonchev–Trinajstić information content (AvgIpc) is 2.66. The number of allylic oxidation sites excluding steroid dienone is 3. The van der Waals surface area contributed by atoms with Crippen molar-refractivity contribution in [2.24, 2.45) is 5.92 Å². The molecule has 2 aromatic carbocycles. The van der Waals surface area contributed by atoms with Gasteiger partial charge in [-0.2, -0.15) is 9.37 Å². The highest BCUT2D eigenvalue weighted by Gasteiger charge is 2.47. The van der Waals surface area contributed by atoms with Gasteiger partial charge in [0.1, 0.15) is 23.9 Å². The van der Waals surface area contributed by atoms with Crippen molar-refractivity contribution < 1.29 is 14.2 Å². The zero-order chi connectivity index (χ0) is 18.1. The first-order valence-electron chi connectivity index (χ1n) is 8.32. The summed E-state index contributed by atoms with van der Waals surface area (Å²) in [5, 5.41) is 0.614. The zero-order valence-corrected chi connectivity index (χ0v) is 14.6. The van der Waals surface area contributed by atoms with Gasteiger partial charge in [0, 0.05) is 5.02 Å². The molecule has 4 rings (SSSR count). The maximum atomic E-state index is 13.2. The molecule has 3 amide bonds. The Kier molecular flexibility index (Phi) is 4.27. The van der Waals surface area contributed by atoms with Crippen LogP contribution in [0.2, 0.25) is 5.02 Å². The molecule has 2 aromatic rings. The van der Waals surface area contributed by atoms with E-state index >= 15 is 0 Å². The van der Waals surface area contributed by atoms with Gasteiger partial charge in [-0.05, 0) is 35.9 Å². The van der Waals surface area contributed by atoms with E-state index in [1.54, 1.807) is 22.8 Å². The van der Waals surface area contributed by atoms with Crippen molar-refractivity contribution in [3.8, 4) is 0 Å². The van der Waals surface area contributed by atoms with Crippen LogP contribution in [-0.2, 0) is 11.3 Å². The summed E-state index contributed by atoms with van der Waals surface area (Å²) in [6.45, 7) is 0.347. The molecule has 1 unspecified atom stereocenters. The van der Waals surface area contributed by atoms with E-state index in [0.717, 1.165) is 5.56 Å². The van der Waals surface area contributed by atoms with Gasteiger partial charge in [-0.1, -0.05) is 60.2 Å². The molecule has 1 aliphatic heterocycles. The van der Waals surface area contributed by atoms with E-state index in [-0.39, 0.29) is 11.9 Å². The summed E-state index contributed by atoms with van der Waals surface area (Å²) >= 11 is 6.08. The molecular weight excluding hydrogens is 348 g/mol. The molecule has 128 valence electrons. The predicted octanol–water partition coefficient (Wildman–Crippen LogP) is 4.20. The Balaban J connectivity index is 1.81. The number of carbonyl (C=O) groups excluding carboxylic acids is 2. The average molecular weight is 364 g/mol. The number of para-hydroxylation sites is 1. The van der Waals surface area contributed by atoms with Crippen molar-refractivity contribution in [2.45, 2.75) is 6.54 Å². The molecule has 0 fully saturated rings. The Hall–Kier alpha value is -2.98. The lowest BCUT2D eigenvalue weighted by Gasteiger charge is -2.26. The van der Waals surface area contributed by atoms with Crippen LogP contribution in [0.25, 0.3) is 0 Å². The largest absolute Gasteiger partial charge is 0.506 e. The van der Waals surface area contributed by atoms with Gasteiger partial charge in [-0.15, -0.1) is 4.90 Å². The van der Waals surface area contributed by atoms with Crippen molar-refractivity contribution in [3.63, 3.8) is 0 Å². The Labute approximate surface area is 156 Å². The molecule has 0 aromatic heterocycles. The molecule has 0 saturated carbocycles. The van der Waals surface area contributed by atoms with Crippen molar-refractivity contribution >= 4 is 34.9 Å². The highest BCUT2D eigenvalue weighted by Crippen LogP contribution is 2.26. The minimum atomic E-state index is -0.475. The van der Waals surface area contributed by atoms with Crippen LogP contribution in [0.5, 0.6) is 0 Å². The van der Waals surface area contributed by atoms with E-state index in [4.69, 9.17) is 11.6 Å². The van der Waals surface area contributed by atoms with Gasteiger partial charge >= 0.3 is 11.9 Å². The van der Waals surface area contributed by atoms with E-state index < -0.39 is 5.92 Å². The third kappa shape index (κ3) is 2.89. The Morgan fingerprint density at radius 1 is 1.00 bits per heavy atom. The number of carbonyl (C=O) groups is 2. The van der Waals surface area contributed by atoms with Crippen molar-refractivity contribution in [2.75, 3.05) is 4.90 Å². The molecular formula is C21H16ClN2O2+. The Morgan fingerprint density at radius 3 is 2.58 bits per heavy atom. The Bertz CT molecular complexity index is 977. The second-order valence-electron chi connectivity index (χ2n) is 6.15. The van der Waals surface area contributed by atoms with E-state index in [1.165, 1.54) is 4.90 Å². The summed E-state index contributed by atoms with van der Waals surface area (Å²) < 4.78 is 1.64. The number of benzene rings is 2. The molecule has 2 aliphatic rings. The van der Waals surface area contributed by atoms with Gasteiger partial charge < -0.3 is 0 Å². The van der Waals surface area contributed by atoms with Crippen LogP contribution in [0.3, 0.4) is 0 Å².